The lowest BCUT2D eigenvalue weighted by Crippen LogP contribution is -2.38. The predicted molar refractivity (Wildman–Crippen MR) is 159 cm³/mol. The van der Waals surface area contributed by atoms with E-state index in [0.717, 1.165) is 40.2 Å². The average molecular weight is 550 g/mol. The van der Waals surface area contributed by atoms with Crippen LogP contribution in [0.5, 0.6) is 0 Å². The Morgan fingerprint density at radius 1 is 0.900 bits per heavy atom. The van der Waals surface area contributed by atoms with E-state index >= 15 is 0 Å². The van der Waals surface area contributed by atoms with E-state index in [1.165, 1.54) is 5.56 Å². The molecule has 8 nitrogen and oxygen atoms in total. The molecule has 0 saturated carbocycles. The smallest absolute Gasteiger partial charge is 0.243 e. The topological polar surface area (TPSA) is 92.5 Å². The monoisotopic (exact) mass is 550 g/mol. The summed E-state index contributed by atoms with van der Waals surface area (Å²) in [5.41, 5.74) is 6.15. The summed E-state index contributed by atoms with van der Waals surface area (Å²) in [4.78, 5) is 9.49. The highest BCUT2D eigenvalue weighted by Gasteiger charge is 2.31. The molecular weight excluding hydrogens is 519 g/mol. The number of anilines is 1. The van der Waals surface area contributed by atoms with Crippen LogP contribution in [0.15, 0.2) is 96.3 Å². The zero-order chi connectivity index (χ0) is 27.5. The number of piperidine rings is 1. The van der Waals surface area contributed by atoms with Gasteiger partial charge in [0.1, 0.15) is 13.7 Å². The fourth-order valence-electron chi connectivity index (χ4n) is 5.27. The zero-order valence-electron chi connectivity index (χ0n) is 22.4. The Hall–Kier alpha value is -4.02. The molecule has 1 N–H and O–H groups in total. The van der Waals surface area contributed by atoms with Crippen LogP contribution in [0.4, 0.5) is 5.82 Å². The number of pyridine rings is 1. The van der Waals surface area contributed by atoms with Gasteiger partial charge in [0.2, 0.25) is 10.0 Å². The van der Waals surface area contributed by atoms with Crippen molar-refractivity contribution >= 4 is 34.8 Å². The van der Waals surface area contributed by atoms with Gasteiger partial charge in [-0.3, -0.25) is 4.98 Å². The molecule has 2 aromatic carbocycles. The molecule has 5 aromatic rings. The molecule has 202 valence electrons. The van der Waals surface area contributed by atoms with Crippen LogP contribution in [0, 0.1) is 0 Å². The Kier molecular flexibility index (Phi) is 7.36. The third kappa shape index (κ3) is 5.50. The number of hydrogen-bond donors (Lipinski definition) is 1. The first-order valence-electron chi connectivity index (χ1n) is 13.6. The van der Waals surface area contributed by atoms with E-state index in [4.69, 9.17) is 4.98 Å². The zero-order valence-corrected chi connectivity index (χ0v) is 23.3. The molecule has 3 aromatic heterocycles. The molecule has 1 aliphatic rings. The second-order valence-corrected chi connectivity index (χ2v) is 12.3. The van der Waals surface area contributed by atoms with Crippen molar-refractivity contribution in [3.8, 4) is 0 Å². The maximum atomic E-state index is 13.4. The fourth-order valence-corrected chi connectivity index (χ4v) is 6.74. The second kappa shape index (κ2) is 11.2. The number of nitrogens with zero attached hydrogens (tertiary/aromatic N) is 5. The van der Waals surface area contributed by atoms with Crippen molar-refractivity contribution < 1.29 is 8.42 Å². The summed E-state index contributed by atoms with van der Waals surface area (Å²) in [7, 11) is -1.55. The summed E-state index contributed by atoms with van der Waals surface area (Å²) in [6.07, 6.45) is 7.62. The van der Waals surface area contributed by atoms with Gasteiger partial charge in [-0.25, -0.2) is 13.4 Å². The molecule has 40 heavy (non-hydrogen) atoms. The fraction of sp³-hybridized carbons (Fsp3) is 0.233. The van der Waals surface area contributed by atoms with E-state index in [1.807, 2.05) is 67.2 Å². The van der Waals surface area contributed by atoms with Gasteiger partial charge in [0.25, 0.3) is 0 Å². The molecule has 1 fully saturated rings. The van der Waals surface area contributed by atoms with Gasteiger partial charge in [-0.2, -0.15) is 13.9 Å². The van der Waals surface area contributed by atoms with Crippen molar-refractivity contribution in [2.45, 2.75) is 36.6 Å². The van der Waals surface area contributed by atoms with Gasteiger partial charge < -0.3 is 5.32 Å². The highest BCUT2D eigenvalue weighted by Crippen LogP contribution is 2.31. The van der Waals surface area contributed by atoms with Crippen molar-refractivity contribution in [3.05, 3.63) is 114 Å². The SMILES string of the molecule is Bc1cnn2c(NCc3cccnc3)cc(C3CCN(S(=O)(=O)c4ccc(Cc5ccccc5)cc4)CC3)nc12. The first-order valence-corrected chi connectivity index (χ1v) is 15.0. The third-order valence-corrected chi connectivity index (χ3v) is 9.46. The minimum absolute atomic E-state index is 0.165. The Morgan fingerprint density at radius 2 is 1.62 bits per heavy atom. The first kappa shape index (κ1) is 26.2. The number of nitrogens with one attached hydrogen (secondary N) is 1. The summed E-state index contributed by atoms with van der Waals surface area (Å²) in [5, 5.41) is 8.00. The molecule has 4 heterocycles. The Morgan fingerprint density at radius 3 is 2.35 bits per heavy atom. The molecule has 0 unspecified atom stereocenters. The molecule has 0 bridgehead atoms. The molecule has 1 saturated heterocycles. The van der Waals surface area contributed by atoms with Gasteiger partial charge >= 0.3 is 0 Å². The van der Waals surface area contributed by atoms with Crippen molar-refractivity contribution in [2.75, 3.05) is 18.4 Å². The standard InChI is InChI=1S/C30H31BN6O2S/c31-27-21-34-37-29(33-20-24-7-4-14-32-19-24)18-28(35-30(27)37)25-12-15-36(16-13-25)40(38,39)26-10-8-23(9-11-26)17-22-5-2-1-3-6-22/h1-11,14,18-19,21,25,33H,12-13,15-17,20,31H2. The summed E-state index contributed by atoms with van der Waals surface area (Å²) in [5.74, 6) is 1.03. The number of benzene rings is 2. The van der Waals surface area contributed by atoms with E-state index in [-0.39, 0.29) is 5.92 Å². The lowest BCUT2D eigenvalue weighted by molar-refractivity contribution is 0.317. The van der Waals surface area contributed by atoms with Crippen LogP contribution in [0.2, 0.25) is 0 Å². The minimum atomic E-state index is -3.56. The van der Waals surface area contributed by atoms with Gasteiger partial charge in [0.05, 0.1) is 4.90 Å². The van der Waals surface area contributed by atoms with Crippen LogP contribution in [0.3, 0.4) is 0 Å². The Bertz CT molecular complexity index is 1700. The molecule has 0 radical (unpaired) electrons. The van der Waals surface area contributed by atoms with Crippen LogP contribution in [0.25, 0.3) is 5.65 Å². The van der Waals surface area contributed by atoms with Crippen LogP contribution < -0.4 is 10.8 Å². The number of aromatic nitrogens is 4. The van der Waals surface area contributed by atoms with E-state index in [1.54, 1.807) is 22.6 Å². The number of sulfonamides is 1. The van der Waals surface area contributed by atoms with E-state index in [2.05, 4.69) is 33.6 Å². The van der Waals surface area contributed by atoms with Crippen LogP contribution in [-0.4, -0.2) is 53.2 Å². The minimum Gasteiger partial charge on any atom is -0.366 e. The highest BCUT2D eigenvalue weighted by molar-refractivity contribution is 7.89. The number of fused-ring (bicyclic) bond motifs is 1. The summed E-state index contributed by atoms with van der Waals surface area (Å²) in [6.45, 7) is 1.54. The Balaban J connectivity index is 1.15. The van der Waals surface area contributed by atoms with Crippen LogP contribution in [-0.2, 0) is 23.0 Å². The predicted octanol–water partition coefficient (Wildman–Crippen LogP) is 3.15. The molecule has 1 aliphatic heterocycles. The highest BCUT2D eigenvalue weighted by atomic mass is 32.2. The average Bonchev–Trinajstić information content (AvgIpc) is 3.38. The summed E-state index contributed by atoms with van der Waals surface area (Å²) in [6, 6.07) is 23.5. The summed E-state index contributed by atoms with van der Waals surface area (Å²) >= 11 is 0. The van der Waals surface area contributed by atoms with Crippen molar-refractivity contribution in [2.24, 2.45) is 0 Å². The van der Waals surface area contributed by atoms with Crippen LogP contribution >= 0.6 is 0 Å². The maximum Gasteiger partial charge on any atom is 0.243 e. The van der Waals surface area contributed by atoms with Crippen molar-refractivity contribution in [1.29, 1.82) is 0 Å². The van der Waals surface area contributed by atoms with Gasteiger partial charge in [-0.05, 0) is 59.6 Å². The summed E-state index contributed by atoms with van der Waals surface area (Å²) < 4.78 is 30.3. The Labute approximate surface area is 235 Å². The van der Waals surface area contributed by atoms with E-state index in [0.29, 0.717) is 37.4 Å². The maximum absolute atomic E-state index is 13.4. The van der Waals surface area contributed by atoms with Gasteiger partial charge in [0, 0.05) is 55.9 Å². The number of hydrogen-bond acceptors (Lipinski definition) is 6. The van der Waals surface area contributed by atoms with Gasteiger partial charge in [-0.1, -0.05) is 48.5 Å². The van der Waals surface area contributed by atoms with Crippen LogP contribution in [0.1, 0.15) is 41.1 Å². The largest absolute Gasteiger partial charge is 0.366 e. The van der Waals surface area contributed by atoms with Crippen molar-refractivity contribution in [1.82, 2.24) is 23.9 Å². The first-order chi connectivity index (χ1) is 19.5. The molecule has 0 spiro atoms. The normalized spacial score (nSPS) is 14.9. The van der Waals surface area contributed by atoms with Crippen molar-refractivity contribution in [3.63, 3.8) is 0 Å². The molecule has 0 amide bonds. The molecular formula is C30H31BN6O2S. The molecule has 6 rings (SSSR count). The number of rotatable bonds is 8. The van der Waals surface area contributed by atoms with Gasteiger partial charge in [0.15, 0.2) is 5.65 Å². The molecule has 0 atom stereocenters. The van der Waals surface area contributed by atoms with Gasteiger partial charge in [-0.15, -0.1) is 0 Å². The third-order valence-electron chi connectivity index (χ3n) is 7.55. The van der Waals surface area contributed by atoms with E-state index < -0.39 is 10.0 Å². The lowest BCUT2D eigenvalue weighted by Gasteiger charge is -2.31. The second-order valence-electron chi connectivity index (χ2n) is 10.3. The molecule has 0 aliphatic carbocycles. The van der Waals surface area contributed by atoms with E-state index in [9.17, 15) is 8.42 Å². The molecule has 10 heteroatoms. The quantitative estimate of drug-likeness (QED) is 0.299. The lowest BCUT2D eigenvalue weighted by atomic mass is 9.94.